The second-order valence-electron chi connectivity index (χ2n) is 6.54. The number of ether oxygens (including phenoxy) is 1. The van der Waals surface area contributed by atoms with Gasteiger partial charge in [0.05, 0.1) is 12.2 Å². The molecule has 0 N–H and O–H groups in total. The summed E-state index contributed by atoms with van der Waals surface area (Å²) in [6.45, 7) is 10.0. The Morgan fingerprint density at radius 2 is 2.00 bits per heavy atom. The number of nitrogens with zero attached hydrogens (tertiary/aromatic N) is 5. The number of aromatic nitrogens is 3. The lowest BCUT2D eigenvalue weighted by Crippen LogP contribution is -2.31. The van der Waals surface area contributed by atoms with E-state index >= 15 is 0 Å². The molecule has 8 heteroatoms. The summed E-state index contributed by atoms with van der Waals surface area (Å²) in [5.74, 6) is 1.83. The van der Waals surface area contributed by atoms with Crippen molar-refractivity contribution in [1.29, 1.82) is 0 Å². The maximum atomic E-state index is 11.7. The van der Waals surface area contributed by atoms with Crippen LogP contribution in [0.5, 0.6) is 0 Å². The molecule has 7 nitrogen and oxygen atoms in total. The molecule has 1 saturated heterocycles. The van der Waals surface area contributed by atoms with Gasteiger partial charge in [-0.2, -0.15) is 4.37 Å². The van der Waals surface area contributed by atoms with Crippen molar-refractivity contribution in [3.63, 3.8) is 0 Å². The maximum Gasteiger partial charge on any atom is 0.339 e. The molecular weight excluding hydrogens is 350 g/mol. The number of rotatable bonds is 5. The van der Waals surface area contributed by atoms with Crippen LogP contribution in [0.15, 0.2) is 18.3 Å². The molecule has 2 aromatic heterocycles. The van der Waals surface area contributed by atoms with Gasteiger partial charge < -0.3 is 14.5 Å². The van der Waals surface area contributed by atoms with Crippen LogP contribution in [0, 0.1) is 0 Å². The van der Waals surface area contributed by atoms with Crippen LogP contribution >= 0.6 is 11.5 Å². The van der Waals surface area contributed by atoms with E-state index in [2.05, 4.69) is 38.0 Å². The number of esters is 1. The minimum Gasteiger partial charge on any atom is -0.462 e. The standard InChI is InChI=1S/C18H25N5O2S/c1-4-25-17(24)14-6-7-15(19-12-14)22-8-5-9-23(11-10-22)18-20-16(13(2)3)21-26-18/h6-7,12-13H,4-5,8-11H2,1-3H3. The Balaban J connectivity index is 1.63. The van der Waals surface area contributed by atoms with Gasteiger partial charge in [-0.05, 0) is 25.5 Å². The summed E-state index contributed by atoms with van der Waals surface area (Å²) in [6.07, 6.45) is 2.62. The smallest absolute Gasteiger partial charge is 0.339 e. The number of pyridine rings is 1. The molecular formula is C18H25N5O2S. The van der Waals surface area contributed by atoms with Gasteiger partial charge in [0.2, 0.25) is 5.13 Å². The third-order valence-corrected chi connectivity index (χ3v) is 5.09. The first-order chi connectivity index (χ1) is 12.6. The number of carbonyl (C=O) groups is 1. The van der Waals surface area contributed by atoms with Crippen LogP contribution in [-0.4, -0.2) is 53.1 Å². The highest BCUT2D eigenvalue weighted by molar-refractivity contribution is 7.09. The van der Waals surface area contributed by atoms with E-state index in [1.165, 1.54) is 11.5 Å². The fourth-order valence-electron chi connectivity index (χ4n) is 2.84. The van der Waals surface area contributed by atoms with Gasteiger partial charge in [0.1, 0.15) is 11.6 Å². The molecule has 3 heterocycles. The van der Waals surface area contributed by atoms with E-state index in [-0.39, 0.29) is 5.97 Å². The molecule has 0 spiro atoms. The molecule has 0 bridgehead atoms. The predicted molar refractivity (Wildman–Crippen MR) is 103 cm³/mol. The number of hydrogen-bond donors (Lipinski definition) is 0. The molecule has 0 radical (unpaired) electrons. The molecule has 140 valence electrons. The van der Waals surface area contributed by atoms with Gasteiger partial charge in [0.15, 0.2) is 0 Å². The summed E-state index contributed by atoms with van der Waals surface area (Å²) in [6, 6.07) is 3.67. The average molecular weight is 375 g/mol. The summed E-state index contributed by atoms with van der Waals surface area (Å²) < 4.78 is 9.46. The molecule has 1 aliphatic heterocycles. The number of hydrogen-bond acceptors (Lipinski definition) is 8. The summed E-state index contributed by atoms with van der Waals surface area (Å²) in [5.41, 5.74) is 0.488. The van der Waals surface area contributed by atoms with Crippen molar-refractivity contribution in [3.8, 4) is 0 Å². The summed E-state index contributed by atoms with van der Waals surface area (Å²) >= 11 is 1.48. The monoisotopic (exact) mass is 375 g/mol. The van der Waals surface area contributed by atoms with E-state index in [1.807, 2.05) is 6.07 Å². The molecule has 1 aliphatic rings. The van der Waals surface area contributed by atoms with Crippen molar-refractivity contribution in [2.24, 2.45) is 0 Å². The number of carbonyl (C=O) groups excluding carboxylic acids is 1. The molecule has 1 fully saturated rings. The zero-order valence-electron chi connectivity index (χ0n) is 15.5. The lowest BCUT2D eigenvalue weighted by Gasteiger charge is -2.22. The van der Waals surface area contributed by atoms with Crippen molar-refractivity contribution in [2.45, 2.75) is 33.1 Å². The summed E-state index contributed by atoms with van der Waals surface area (Å²) in [4.78, 5) is 25.4. The molecule has 0 amide bonds. The molecule has 0 aliphatic carbocycles. The highest BCUT2D eigenvalue weighted by atomic mass is 32.1. The quantitative estimate of drug-likeness (QED) is 0.744. The van der Waals surface area contributed by atoms with Crippen LogP contribution in [-0.2, 0) is 4.74 Å². The Hall–Kier alpha value is -2.22. The van der Waals surface area contributed by atoms with Crippen LogP contribution in [0.4, 0.5) is 10.9 Å². The lowest BCUT2D eigenvalue weighted by atomic mass is 10.2. The maximum absolute atomic E-state index is 11.7. The Morgan fingerprint density at radius 3 is 2.65 bits per heavy atom. The van der Waals surface area contributed by atoms with Gasteiger partial charge in [-0.25, -0.2) is 14.8 Å². The second-order valence-corrected chi connectivity index (χ2v) is 7.27. The van der Waals surface area contributed by atoms with E-state index < -0.39 is 0 Å². The van der Waals surface area contributed by atoms with Gasteiger partial charge in [-0.1, -0.05) is 13.8 Å². The topological polar surface area (TPSA) is 71.5 Å². The van der Waals surface area contributed by atoms with Gasteiger partial charge in [0.25, 0.3) is 0 Å². The molecule has 2 aromatic rings. The van der Waals surface area contributed by atoms with Crippen molar-refractivity contribution >= 4 is 28.5 Å². The molecule has 0 aromatic carbocycles. The summed E-state index contributed by atoms with van der Waals surface area (Å²) in [7, 11) is 0. The SMILES string of the molecule is CCOC(=O)c1ccc(N2CCCN(c3nc(C(C)C)ns3)CC2)nc1. The highest BCUT2D eigenvalue weighted by Gasteiger charge is 2.20. The normalized spacial score (nSPS) is 15.2. The molecule has 3 rings (SSSR count). The minimum atomic E-state index is -0.328. The zero-order chi connectivity index (χ0) is 18.5. The molecule has 26 heavy (non-hydrogen) atoms. The van der Waals surface area contributed by atoms with Crippen molar-refractivity contribution in [2.75, 3.05) is 42.6 Å². The highest BCUT2D eigenvalue weighted by Crippen LogP contribution is 2.23. The molecule has 0 atom stereocenters. The molecule has 0 saturated carbocycles. The second kappa shape index (κ2) is 8.44. The van der Waals surface area contributed by atoms with E-state index in [0.29, 0.717) is 18.1 Å². The Morgan fingerprint density at radius 1 is 1.23 bits per heavy atom. The van der Waals surface area contributed by atoms with Gasteiger partial charge in [0, 0.05) is 49.8 Å². The fraction of sp³-hybridized carbons (Fsp3) is 0.556. The largest absolute Gasteiger partial charge is 0.462 e. The third-order valence-electron chi connectivity index (χ3n) is 4.30. The van der Waals surface area contributed by atoms with Crippen LogP contribution in [0.3, 0.4) is 0 Å². The van der Waals surface area contributed by atoms with Gasteiger partial charge in [-0.15, -0.1) is 0 Å². The average Bonchev–Trinajstić information content (AvgIpc) is 3.01. The lowest BCUT2D eigenvalue weighted by molar-refractivity contribution is 0.0526. The first kappa shape index (κ1) is 18.6. The van der Waals surface area contributed by atoms with Crippen molar-refractivity contribution < 1.29 is 9.53 Å². The molecule has 0 unspecified atom stereocenters. The zero-order valence-corrected chi connectivity index (χ0v) is 16.3. The van der Waals surface area contributed by atoms with Gasteiger partial charge in [-0.3, -0.25) is 0 Å². The number of anilines is 2. The first-order valence-electron chi connectivity index (χ1n) is 9.05. The first-order valence-corrected chi connectivity index (χ1v) is 9.82. The fourth-order valence-corrected chi connectivity index (χ4v) is 3.69. The van der Waals surface area contributed by atoms with E-state index in [1.54, 1.807) is 19.2 Å². The minimum absolute atomic E-state index is 0.328. The Labute approximate surface area is 158 Å². The van der Waals surface area contributed by atoms with Gasteiger partial charge >= 0.3 is 5.97 Å². The van der Waals surface area contributed by atoms with E-state index in [9.17, 15) is 4.79 Å². The van der Waals surface area contributed by atoms with Crippen LogP contribution in [0.1, 0.15) is 49.3 Å². The van der Waals surface area contributed by atoms with Crippen LogP contribution < -0.4 is 9.80 Å². The predicted octanol–water partition coefficient (Wildman–Crippen LogP) is 2.95. The Kier molecular flexibility index (Phi) is 6.03. The Bertz CT molecular complexity index is 731. The summed E-state index contributed by atoms with van der Waals surface area (Å²) in [5, 5.41) is 1.00. The van der Waals surface area contributed by atoms with E-state index in [4.69, 9.17) is 4.74 Å². The third kappa shape index (κ3) is 4.30. The van der Waals surface area contributed by atoms with Crippen molar-refractivity contribution in [1.82, 2.24) is 14.3 Å². The van der Waals surface area contributed by atoms with Crippen LogP contribution in [0.25, 0.3) is 0 Å². The van der Waals surface area contributed by atoms with E-state index in [0.717, 1.165) is 49.4 Å². The van der Waals surface area contributed by atoms with Crippen molar-refractivity contribution in [3.05, 3.63) is 29.7 Å². The van der Waals surface area contributed by atoms with Crippen LogP contribution in [0.2, 0.25) is 0 Å².